The van der Waals surface area contributed by atoms with Crippen LogP contribution in [0.4, 0.5) is 4.39 Å². The van der Waals surface area contributed by atoms with Gasteiger partial charge in [0.05, 0.1) is 6.54 Å². The molecule has 0 fully saturated rings. The van der Waals surface area contributed by atoms with Crippen molar-refractivity contribution in [3.05, 3.63) is 35.1 Å². The average molecular weight is 266 g/mol. The molecule has 3 nitrogen and oxygen atoms in total. The Morgan fingerprint density at radius 2 is 2.16 bits per heavy atom. The molecule has 1 rings (SSSR count). The van der Waals surface area contributed by atoms with E-state index in [2.05, 4.69) is 17.6 Å². The number of rotatable bonds is 7. The van der Waals surface area contributed by atoms with E-state index < -0.39 is 0 Å². The van der Waals surface area contributed by atoms with Crippen molar-refractivity contribution in [3.63, 3.8) is 0 Å². The first-order chi connectivity index (χ1) is 9.04. The zero-order valence-corrected chi connectivity index (χ0v) is 11.9. The summed E-state index contributed by atoms with van der Waals surface area (Å²) in [6.07, 6.45) is 2.05. The third-order valence-corrected chi connectivity index (χ3v) is 3.12. The Morgan fingerprint density at radius 1 is 1.42 bits per heavy atom. The number of halogens is 1. The van der Waals surface area contributed by atoms with Crippen molar-refractivity contribution in [2.24, 2.45) is 0 Å². The Morgan fingerprint density at radius 3 is 2.79 bits per heavy atom. The Bertz CT molecular complexity index is 421. The molecule has 0 aromatic heterocycles. The maximum atomic E-state index is 13.4. The number of amides is 1. The zero-order valence-electron chi connectivity index (χ0n) is 11.9. The summed E-state index contributed by atoms with van der Waals surface area (Å²) < 4.78 is 13.4. The highest BCUT2D eigenvalue weighted by atomic mass is 19.1. The summed E-state index contributed by atoms with van der Waals surface area (Å²) in [5, 5.41) is 5.93. The number of nitrogens with one attached hydrogen (secondary N) is 2. The molecule has 0 spiro atoms. The van der Waals surface area contributed by atoms with Crippen LogP contribution in [0.3, 0.4) is 0 Å². The van der Waals surface area contributed by atoms with Crippen molar-refractivity contribution in [1.82, 2.24) is 10.6 Å². The molecule has 1 aromatic carbocycles. The molecule has 0 saturated carbocycles. The van der Waals surface area contributed by atoms with Crippen LogP contribution in [0.1, 0.15) is 43.9 Å². The molecule has 1 atom stereocenters. The second-order valence-electron chi connectivity index (χ2n) is 4.81. The first-order valence-corrected chi connectivity index (χ1v) is 6.80. The van der Waals surface area contributed by atoms with E-state index in [1.807, 2.05) is 13.0 Å². The number of carbonyl (C=O) groups excluding carboxylic acids is 1. The van der Waals surface area contributed by atoms with E-state index in [0.717, 1.165) is 18.4 Å². The predicted octanol–water partition coefficient (Wildman–Crippen LogP) is 2.70. The van der Waals surface area contributed by atoms with Crippen LogP contribution < -0.4 is 10.6 Å². The fraction of sp³-hybridized carbons (Fsp3) is 0.533. The number of carbonyl (C=O) groups is 1. The lowest BCUT2D eigenvalue weighted by molar-refractivity contribution is -0.120. The van der Waals surface area contributed by atoms with Crippen LogP contribution in [0.2, 0.25) is 0 Å². The highest BCUT2D eigenvalue weighted by Crippen LogP contribution is 2.15. The van der Waals surface area contributed by atoms with Crippen LogP contribution in [0.15, 0.2) is 18.2 Å². The standard InChI is InChI=1S/C15H23FN2O/c1-4-5-8-17-15(19)10-18-12(3)13-7-6-11(2)14(16)9-13/h6-7,9,12,18H,4-5,8,10H2,1-3H3,(H,17,19). The molecule has 0 bridgehead atoms. The highest BCUT2D eigenvalue weighted by Gasteiger charge is 2.09. The molecule has 0 saturated heterocycles. The van der Waals surface area contributed by atoms with Gasteiger partial charge >= 0.3 is 0 Å². The Labute approximate surface area is 114 Å². The van der Waals surface area contributed by atoms with Gasteiger partial charge in [-0.2, -0.15) is 0 Å². The van der Waals surface area contributed by atoms with Crippen LogP contribution in [-0.4, -0.2) is 19.0 Å². The summed E-state index contributed by atoms with van der Waals surface area (Å²) in [4.78, 5) is 11.5. The van der Waals surface area contributed by atoms with Gasteiger partial charge in [0, 0.05) is 12.6 Å². The van der Waals surface area contributed by atoms with Gasteiger partial charge in [0.1, 0.15) is 5.82 Å². The molecular formula is C15H23FN2O. The number of unbranched alkanes of at least 4 members (excludes halogenated alkanes) is 1. The first kappa shape index (κ1) is 15.6. The maximum absolute atomic E-state index is 13.4. The minimum atomic E-state index is -0.210. The van der Waals surface area contributed by atoms with Crippen molar-refractivity contribution < 1.29 is 9.18 Å². The van der Waals surface area contributed by atoms with Crippen LogP contribution in [0, 0.1) is 12.7 Å². The van der Waals surface area contributed by atoms with E-state index in [1.165, 1.54) is 6.07 Å². The van der Waals surface area contributed by atoms with Crippen molar-refractivity contribution in [2.75, 3.05) is 13.1 Å². The second-order valence-corrected chi connectivity index (χ2v) is 4.81. The Kier molecular flexibility index (Phi) is 6.50. The summed E-state index contributed by atoms with van der Waals surface area (Å²) >= 11 is 0. The summed E-state index contributed by atoms with van der Waals surface area (Å²) in [6, 6.07) is 5.10. The fourth-order valence-corrected chi connectivity index (χ4v) is 1.71. The van der Waals surface area contributed by atoms with E-state index in [1.54, 1.807) is 13.0 Å². The molecule has 2 N–H and O–H groups in total. The molecular weight excluding hydrogens is 243 g/mol. The van der Waals surface area contributed by atoms with E-state index in [-0.39, 0.29) is 24.3 Å². The SMILES string of the molecule is CCCCNC(=O)CNC(C)c1ccc(C)c(F)c1. The van der Waals surface area contributed by atoms with Crippen LogP contribution in [0.25, 0.3) is 0 Å². The third-order valence-electron chi connectivity index (χ3n) is 3.12. The van der Waals surface area contributed by atoms with Crippen LogP contribution in [0.5, 0.6) is 0 Å². The number of aryl methyl sites for hydroxylation is 1. The van der Waals surface area contributed by atoms with Gasteiger partial charge in [0.25, 0.3) is 0 Å². The number of benzene rings is 1. The second kappa shape index (κ2) is 7.89. The summed E-state index contributed by atoms with van der Waals surface area (Å²) in [6.45, 7) is 6.70. The molecule has 0 aliphatic carbocycles. The monoisotopic (exact) mass is 266 g/mol. The van der Waals surface area contributed by atoms with Gasteiger partial charge < -0.3 is 10.6 Å². The molecule has 0 heterocycles. The van der Waals surface area contributed by atoms with Crippen molar-refractivity contribution in [2.45, 2.75) is 39.7 Å². The fourth-order valence-electron chi connectivity index (χ4n) is 1.71. The molecule has 1 amide bonds. The Hall–Kier alpha value is -1.42. The highest BCUT2D eigenvalue weighted by molar-refractivity contribution is 5.77. The molecule has 4 heteroatoms. The van der Waals surface area contributed by atoms with Crippen LogP contribution >= 0.6 is 0 Å². The molecule has 0 radical (unpaired) electrons. The quantitative estimate of drug-likeness (QED) is 0.745. The average Bonchev–Trinajstić information content (AvgIpc) is 2.39. The van der Waals surface area contributed by atoms with Gasteiger partial charge in [0.2, 0.25) is 5.91 Å². The van der Waals surface area contributed by atoms with Crippen molar-refractivity contribution in [1.29, 1.82) is 0 Å². The summed E-state index contributed by atoms with van der Waals surface area (Å²) in [5.74, 6) is -0.230. The van der Waals surface area contributed by atoms with E-state index in [0.29, 0.717) is 12.1 Å². The topological polar surface area (TPSA) is 41.1 Å². The summed E-state index contributed by atoms with van der Waals surface area (Å²) in [5.41, 5.74) is 1.48. The lowest BCUT2D eigenvalue weighted by atomic mass is 10.1. The largest absolute Gasteiger partial charge is 0.355 e. The molecule has 0 aliphatic rings. The smallest absolute Gasteiger partial charge is 0.233 e. The molecule has 19 heavy (non-hydrogen) atoms. The van der Waals surface area contributed by atoms with Gasteiger partial charge in [-0.05, 0) is 37.5 Å². The minimum Gasteiger partial charge on any atom is -0.355 e. The van der Waals surface area contributed by atoms with Gasteiger partial charge in [-0.3, -0.25) is 4.79 Å². The van der Waals surface area contributed by atoms with E-state index in [9.17, 15) is 9.18 Å². The minimum absolute atomic E-state index is 0.0205. The van der Waals surface area contributed by atoms with E-state index in [4.69, 9.17) is 0 Å². The normalized spacial score (nSPS) is 12.2. The predicted molar refractivity (Wildman–Crippen MR) is 75.5 cm³/mol. The molecule has 1 aromatic rings. The van der Waals surface area contributed by atoms with Crippen LogP contribution in [-0.2, 0) is 4.79 Å². The van der Waals surface area contributed by atoms with Crippen molar-refractivity contribution in [3.8, 4) is 0 Å². The molecule has 0 aliphatic heterocycles. The maximum Gasteiger partial charge on any atom is 0.233 e. The molecule has 1 unspecified atom stereocenters. The number of hydrogen-bond donors (Lipinski definition) is 2. The first-order valence-electron chi connectivity index (χ1n) is 6.80. The number of hydrogen-bond acceptors (Lipinski definition) is 2. The molecule has 106 valence electrons. The summed E-state index contributed by atoms with van der Waals surface area (Å²) in [7, 11) is 0. The lowest BCUT2D eigenvalue weighted by Gasteiger charge is -2.14. The van der Waals surface area contributed by atoms with Gasteiger partial charge in [-0.15, -0.1) is 0 Å². The zero-order chi connectivity index (χ0) is 14.3. The Balaban J connectivity index is 2.40. The van der Waals surface area contributed by atoms with Gasteiger partial charge in [-0.1, -0.05) is 25.5 Å². The lowest BCUT2D eigenvalue weighted by Crippen LogP contribution is -2.35. The van der Waals surface area contributed by atoms with Crippen molar-refractivity contribution >= 4 is 5.91 Å². The third kappa shape index (κ3) is 5.39. The van der Waals surface area contributed by atoms with Gasteiger partial charge in [0.15, 0.2) is 0 Å². The van der Waals surface area contributed by atoms with Gasteiger partial charge in [-0.25, -0.2) is 4.39 Å². The van der Waals surface area contributed by atoms with E-state index >= 15 is 0 Å².